The second-order valence-electron chi connectivity index (χ2n) is 5.50. The van der Waals surface area contributed by atoms with Crippen molar-refractivity contribution in [2.45, 2.75) is 31.8 Å². The average molecular weight is 336 g/mol. The fourth-order valence-corrected chi connectivity index (χ4v) is 2.90. The molecule has 1 saturated carbocycles. The van der Waals surface area contributed by atoms with E-state index in [2.05, 4.69) is 15.6 Å². The van der Waals surface area contributed by atoms with Gasteiger partial charge in [0.2, 0.25) is 0 Å². The highest BCUT2D eigenvalue weighted by Gasteiger charge is 2.41. The van der Waals surface area contributed by atoms with Crippen molar-refractivity contribution in [2.24, 2.45) is 4.99 Å². The molecule has 1 fully saturated rings. The second kappa shape index (κ2) is 7.04. The van der Waals surface area contributed by atoms with E-state index in [0.29, 0.717) is 23.1 Å². The molecule has 2 N–H and O–H groups in total. The van der Waals surface area contributed by atoms with Gasteiger partial charge in [-0.2, -0.15) is 0 Å². The summed E-state index contributed by atoms with van der Waals surface area (Å²) in [6, 6.07) is 8.66. The first-order chi connectivity index (χ1) is 11.2. The summed E-state index contributed by atoms with van der Waals surface area (Å²) >= 11 is 6.13. The van der Waals surface area contributed by atoms with Crippen LogP contribution in [0.5, 0.6) is 0 Å². The van der Waals surface area contributed by atoms with Crippen LogP contribution in [0.15, 0.2) is 46.0 Å². The first kappa shape index (κ1) is 15.9. The van der Waals surface area contributed by atoms with E-state index >= 15 is 0 Å². The predicted octanol–water partition coefficient (Wildman–Crippen LogP) is 3.68. The van der Waals surface area contributed by atoms with Crippen LogP contribution in [0.1, 0.15) is 30.6 Å². The van der Waals surface area contributed by atoms with Crippen LogP contribution in [-0.2, 0) is 6.54 Å². The first-order valence-corrected chi connectivity index (χ1v) is 8.08. The molecule has 3 rings (SSSR count). The Balaban J connectivity index is 1.64. The van der Waals surface area contributed by atoms with Crippen molar-refractivity contribution < 1.29 is 8.81 Å². The van der Waals surface area contributed by atoms with E-state index in [1.54, 1.807) is 18.4 Å². The van der Waals surface area contributed by atoms with Crippen LogP contribution in [0.25, 0.3) is 0 Å². The Morgan fingerprint density at radius 1 is 1.39 bits per heavy atom. The number of guanidine groups is 1. The number of halogens is 2. The van der Waals surface area contributed by atoms with Gasteiger partial charge in [-0.05, 0) is 37.6 Å². The van der Waals surface area contributed by atoms with E-state index in [1.165, 1.54) is 6.07 Å². The summed E-state index contributed by atoms with van der Waals surface area (Å²) in [5.41, 5.74) is 0.591. The van der Waals surface area contributed by atoms with Crippen molar-refractivity contribution >= 4 is 17.6 Å². The third-order valence-electron chi connectivity index (χ3n) is 3.80. The Labute approximate surface area is 139 Å². The molecular weight excluding hydrogens is 317 g/mol. The molecule has 0 spiro atoms. The molecular formula is C17H19ClFN3O. The van der Waals surface area contributed by atoms with Crippen LogP contribution in [0.3, 0.4) is 0 Å². The third-order valence-corrected chi connectivity index (χ3v) is 4.13. The van der Waals surface area contributed by atoms with Crippen molar-refractivity contribution in [2.75, 3.05) is 6.54 Å². The summed E-state index contributed by atoms with van der Waals surface area (Å²) in [5.74, 6) is 1.33. The maximum atomic E-state index is 14.0. The summed E-state index contributed by atoms with van der Waals surface area (Å²) in [7, 11) is 0. The smallest absolute Gasteiger partial charge is 0.191 e. The van der Waals surface area contributed by atoms with Crippen LogP contribution in [0, 0.1) is 5.82 Å². The molecule has 1 aromatic carbocycles. The summed E-state index contributed by atoms with van der Waals surface area (Å²) < 4.78 is 19.2. The van der Waals surface area contributed by atoms with Crippen LogP contribution >= 0.6 is 11.6 Å². The Morgan fingerprint density at radius 2 is 2.26 bits per heavy atom. The number of aliphatic imine (C=N–C) groups is 1. The molecule has 0 radical (unpaired) electrons. The maximum Gasteiger partial charge on any atom is 0.191 e. The zero-order valence-electron chi connectivity index (χ0n) is 12.9. The molecule has 1 aromatic heterocycles. The standard InChI is InChI=1S/C17H19ClFN3O/c1-2-20-17(21-10-11-5-4-8-23-11)22-15-9-12(15)16-13(18)6-3-7-14(16)19/h3-8,12,15H,2,9-10H2,1H3,(H2,20,21,22). The fourth-order valence-electron chi connectivity index (χ4n) is 2.59. The lowest BCUT2D eigenvalue weighted by atomic mass is 10.1. The molecule has 4 nitrogen and oxygen atoms in total. The van der Waals surface area contributed by atoms with E-state index in [-0.39, 0.29) is 17.8 Å². The van der Waals surface area contributed by atoms with Gasteiger partial charge in [-0.3, -0.25) is 0 Å². The van der Waals surface area contributed by atoms with Crippen molar-refractivity contribution in [3.05, 3.63) is 58.8 Å². The minimum absolute atomic E-state index is 0.0798. The van der Waals surface area contributed by atoms with E-state index < -0.39 is 0 Å². The minimum Gasteiger partial charge on any atom is -0.467 e. The van der Waals surface area contributed by atoms with Gasteiger partial charge in [-0.1, -0.05) is 17.7 Å². The van der Waals surface area contributed by atoms with E-state index in [0.717, 1.165) is 18.7 Å². The highest BCUT2D eigenvalue weighted by molar-refractivity contribution is 6.31. The van der Waals surface area contributed by atoms with E-state index in [1.807, 2.05) is 19.1 Å². The lowest BCUT2D eigenvalue weighted by Crippen LogP contribution is -2.39. The Kier molecular flexibility index (Phi) is 4.86. The van der Waals surface area contributed by atoms with Crippen molar-refractivity contribution in [3.63, 3.8) is 0 Å². The zero-order valence-corrected chi connectivity index (χ0v) is 13.6. The van der Waals surface area contributed by atoms with Crippen LogP contribution in [0.2, 0.25) is 5.02 Å². The normalized spacial score (nSPS) is 20.4. The molecule has 1 aliphatic rings. The van der Waals surface area contributed by atoms with Crippen molar-refractivity contribution in [1.82, 2.24) is 10.6 Å². The molecule has 0 amide bonds. The van der Waals surface area contributed by atoms with Crippen LogP contribution in [0.4, 0.5) is 4.39 Å². The molecule has 23 heavy (non-hydrogen) atoms. The molecule has 2 atom stereocenters. The van der Waals surface area contributed by atoms with Gasteiger partial charge in [0.25, 0.3) is 0 Å². The summed E-state index contributed by atoms with van der Waals surface area (Å²) in [6.45, 7) is 3.21. The summed E-state index contributed by atoms with van der Waals surface area (Å²) in [6.07, 6.45) is 2.47. The number of benzene rings is 1. The maximum absolute atomic E-state index is 14.0. The lowest BCUT2D eigenvalue weighted by molar-refractivity contribution is 0.512. The monoisotopic (exact) mass is 335 g/mol. The van der Waals surface area contributed by atoms with Gasteiger partial charge in [0.1, 0.15) is 18.1 Å². The second-order valence-corrected chi connectivity index (χ2v) is 5.91. The first-order valence-electron chi connectivity index (χ1n) is 7.70. The molecule has 1 aliphatic carbocycles. The topological polar surface area (TPSA) is 49.6 Å². The minimum atomic E-state index is -0.246. The van der Waals surface area contributed by atoms with E-state index in [9.17, 15) is 4.39 Å². The van der Waals surface area contributed by atoms with Gasteiger partial charge in [0.15, 0.2) is 5.96 Å². The van der Waals surface area contributed by atoms with Gasteiger partial charge >= 0.3 is 0 Å². The number of hydrogen-bond acceptors (Lipinski definition) is 2. The SMILES string of the molecule is CCNC(=NCc1ccco1)NC1CC1c1c(F)cccc1Cl. The molecule has 2 unspecified atom stereocenters. The Morgan fingerprint density at radius 3 is 2.96 bits per heavy atom. The van der Waals surface area contributed by atoms with Gasteiger partial charge < -0.3 is 15.1 Å². The molecule has 122 valence electrons. The largest absolute Gasteiger partial charge is 0.467 e. The highest BCUT2D eigenvalue weighted by Crippen LogP contribution is 2.44. The summed E-state index contributed by atoms with van der Waals surface area (Å²) in [5, 5.41) is 7.00. The van der Waals surface area contributed by atoms with Gasteiger partial charge in [-0.15, -0.1) is 0 Å². The van der Waals surface area contributed by atoms with Crippen LogP contribution < -0.4 is 10.6 Å². The number of rotatable bonds is 5. The fraction of sp³-hybridized carbons (Fsp3) is 0.353. The lowest BCUT2D eigenvalue weighted by Gasteiger charge is -2.11. The molecule has 0 saturated heterocycles. The zero-order chi connectivity index (χ0) is 16.2. The number of nitrogens with one attached hydrogen (secondary N) is 2. The average Bonchev–Trinajstić information content (AvgIpc) is 3.06. The number of nitrogens with zero attached hydrogens (tertiary/aromatic N) is 1. The summed E-state index contributed by atoms with van der Waals surface area (Å²) in [4.78, 5) is 4.48. The Hall–Kier alpha value is -2.01. The van der Waals surface area contributed by atoms with Gasteiger partial charge in [0, 0.05) is 29.1 Å². The van der Waals surface area contributed by atoms with Crippen molar-refractivity contribution in [1.29, 1.82) is 0 Å². The quantitative estimate of drug-likeness (QED) is 0.647. The Bertz CT molecular complexity index is 667. The molecule has 6 heteroatoms. The third kappa shape index (κ3) is 3.85. The van der Waals surface area contributed by atoms with Crippen molar-refractivity contribution in [3.8, 4) is 0 Å². The number of furan rings is 1. The molecule has 0 bridgehead atoms. The highest BCUT2D eigenvalue weighted by atomic mass is 35.5. The van der Waals surface area contributed by atoms with Crippen LogP contribution in [-0.4, -0.2) is 18.5 Å². The molecule has 2 aromatic rings. The molecule has 1 heterocycles. The molecule has 0 aliphatic heterocycles. The number of hydrogen-bond donors (Lipinski definition) is 2. The van der Waals surface area contributed by atoms with E-state index in [4.69, 9.17) is 16.0 Å². The van der Waals surface area contributed by atoms with Gasteiger partial charge in [0.05, 0.1) is 6.26 Å². The predicted molar refractivity (Wildman–Crippen MR) is 89.2 cm³/mol. The van der Waals surface area contributed by atoms with Gasteiger partial charge in [-0.25, -0.2) is 9.38 Å².